The predicted octanol–water partition coefficient (Wildman–Crippen LogP) is 1.16. The highest BCUT2D eigenvalue weighted by atomic mass is 16.5. The number of nitrogens with zero attached hydrogens (tertiary/aromatic N) is 2. The molecule has 0 radical (unpaired) electrons. The van der Waals surface area contributed by atoms with Gasteiger partial charge in [0.2, 0.25) is 0 Å². The zero-order valence-electron chi connectivity index (χ0n) is 9.02. The van der Waals surface area contributed by atoms with Crippen molar-refractivity contribution in [2.75, 3.05) is 19.7 Å². The van der Waals surface area contributed by atoms with Crippen molar-refractivity contribution in [1.82, 2.24) is 15.3 Å². The lowest BCUT2D eigenvalue weighted by Gasteiger charge is -2.14. The van der Waals surface area contributed by atoms with Crippen LogP contribution >= 0.6 is 0 Å². The van der Waals surface area contributed by atoms with Crippen molar-refractivity contribution in [2.45, 2.75) is 19.4 Å². The minimum atomic E-state index is 0.0410. The largest absolute Gasteiger partial charge is 0.372 e. The van der Waals surface area contributed by atoms with E-state index in [1.807, 2.05) is 6.92 Å². The first kappa shape index (κ1) is 10.5. The molecule has 1 aromatic heterocycles. The van der Waals surface area contributed by atoms with E-state index in [0.29, 0.717) is 5.92 Å². The summed E-state index contributed by atoms with van der Waals surface area (Å²) in [6.45, 7) is 5.03. The third kappa shape index (κ3) is 2.97. The lowest BCUT2D eigenvalue weighted by Crippen LogP contribution is -2.15. The molecule has 4 heteroatoms. The molecule has 0 aliphatic carbocycles. The summed E-state index contributed by atoms with van der Waals surface area (Å²) >= 11 is 0. The number of nitrogens with one attached hydrogen (secondary N) is 1. The van der Waals surface area contributed by atoms with Crippen LogP contribution in [0.1, 0.15) is 25.1 Å². The van der Waals surface area contributed by atoms with Gasteiger partial charge in [0.1, 0.15) is 0 Å². The highest BCUT2D eigenvalue weighted by Crippen LogP contribution is 2.16. The summed E-state index contributed by atoms with van der Waals surface area (Å²) in [5.41, 5.74) is 0.906. The van der Waals surface area contributed by atoms with Crippen molar-refractivity contribution in [3.05, 3.63) is 24.3 Å². The van der Waals surface area contributed by atoms with Crippen LogP contribution in [0.25, 0.3) is 0 Å². The fourth-order valence-corrected chi connectivity index (χ4v) is 1.74. The van der Waals surface area contributed by atoms with Crippen LogP contribution in [0.5, 0.6) is 0 Å². The van der Waals surface area contributed by atoms with Crippen LogP contribution in [0.2, 0.25) is 0 Å². The lowest BCUT2D eigenvalue weighted by atomic mass is 10.1. The topological polar surface area (TPSA) is 47.0 Å². The SMILES string of the molecule is C[C@H](OC[C@@H]1CCNC1)c1cnccn1. The van der Waals surface area contributed by atoms with Gasteiger partial charge in [-0.05, 0) is 25.8 Å². The zero-order valence-corrected chi connectivity index (χ0v) is 9.02. The van der Waals surface area contributed by atoms with Crippen LogP contribution < -0.4 is 5.32 Å². The molecule has 0 unspecified atom stereocenters. The molecule has 0 spiro atoms. The van der Waals surface area contributed by atoms with Gasteiger partial charge in [-0.25, -0.2) is 0 Å². The second-order valence-corrected chi connectivity index (χ2v) is 3.96. The Kier molecular flexibility index (Phi) is 3.64. The van der Waals surface area contributed by atoms with Crippen molar-refractivity contribution >= 4 is 0 Å². The van der Waals surface area contributed by atoms with Gasteiger partial charge in [-0.15, -0.1) is 0 Å². The van der Waals surface area contributed by atoms with E-state index >= 15 is 0 Å². The summed E-state index contributed by atoms with van der Waals surface area (Å²) in [5.74, 6) is 0.657. The summed E-state index contributed by atoms with van der Waals surface area (Å²) in [5, 5.41) is 3.33. The Balaban J connectivity index is 1.79. The van der Waals surface area contributed by atoms with Gasteiger partial charge in [0, 0.05) is 18.9 Å². The lowest BCUT2D eigenvalue weighted by molar-refractivity contribution is 0.0408. The highest BCUT2D eigenvalue weighted by molar-refractivity contribution is 4.98. The van der Waals surface area contributed by atoms with Gasteiger partial charge in [-0.1, -0.05) is 0 Å². The average molecular weight is 207 g/mol. The van der Waals surface area contributed by atoms with Gasteiger partial charge in [0.05, 0.1) is 24.6 Å². The number of hydrogen-bond donors (Lipinski definition) is 1. The molecule has 0 bridgehead atoms. The first-order valence-electron chi connectivity index (χ1n) is 5.44. The molecule has 2 heterocycles. The van der Waals surface area contributed by atoms with Crippen LogP contribution in [0.4, 0.5) is 0 Å². The van der Waals surface area contributed by atoms with Crippen molar-refractivity contribution in [3.8, 4) is 0 Å². The van der Waals surface area contributed by atoms with E-state index in [4.69, 9.17) is 4.74 Å². The van der Waals surface area contributed by atoms with E-state index in [1.165, 1.54) is 6.42 Å². The molecule has 1 aliphatic heterocycles. The molecule has 0 amide bonds. The molecule has 1 N–H and O–H groups in total. The van der Waals surface area contributed by atoms with E-state index in [0.717, 1.165) is 25.4 Å². The van der Waals surface area contributed by atoms with Gasteiger partial charge in [0.25, 0.3) is 0 Å². The Morgan fingerprint density at radius 1 is 1.60 bits per heavy atom. The van der Waals surface area contributed by atoms with Gasteiger partial charge in [-0.3, -0.25) is 9.97 Å². The van der Waals surface area contributed by atoms with E-state index in [1.54, 1.807) is 18.6 Å². The molecule has 2 atom stereocenters. The second-order valence-electron chi connectivity index (χ2n) is 3.96. The molecular weight excluding hydrogens is 190 g/mol. The summed E-state index contributed by atoms with van der Waals surface area (Å²) < 4.78 is 5.77. The molecule has 15 heavy (non-hydrogen) atoms. The minimum Gasteiger partial charge on any atom is -0.372 e. The third-order valence-electron chi connectivity index (χ3n) is 2.74. The summed E-state index contributed by atoms with van der Waals surface area (Å²) in [4.78, 5) is 8.25. The summed E-state index contributed by atoms with van der Waals surface area (Å²) in [6.07, 6.45) is 6.40. The number of rotatable bonds is 4. The maximum atomic E-state index is 5.77. The van der Waals surface area contributed by atoms with E-state index < -0.39 is 0 Å². The molecule has 2 rings (SSSR count). The van der Waals surface area contributed by atoms with Crippen molar-refractivity contribution in [3.63, 3.8) is 0 Å². The fraction of sp³-hybridized carbons (Fsp3) is 0.636. The van der Waals surface area contributed by atoms with Crippen LogP contribution in [0.15, 0.2) is 18.6 Å². The van der Waals surface area contributed by atoms with E-state index in [2.05, 4.69) is 15.3 Å². The molecule has 1 aromatic rings. The second kappa shape index (κ2) is 5.19. The standard InChI is InChI=1S/C11H17N3O/c1-9(11-7-13-4-5-14-11)15-8-10-2-3-12-6-10/h4-5,7,9-10,12H,2-3,6,8H2,1H3/t9-,10+/m0/s1. The first-order chi connectivity index (χ1) is 7.36. The van der Waals surface area contributed by atoms with Crippen LogP contribution in [0, 0.1) is 5.92 Å². The van der Waals surface area contributed by atoms with Gasteiger partial charge in [-0.2, -0.15) is 0 Å². The normalized spacial score (nSPS) is 22.9. The third-order valence-corrected chi connectivity index (χ3v) is 2.74. The molecule has 82 valence electrons. The fourth-order valence-electron chi connectivity index (χ4n) is 1.74. The zero-order chi connectivity index (χ0) is 10.5. The number of ether oxygens (including phenoxy) is 1. The summed E-state index contributed by atoms with van der Waals surface area (Å²) in [6, 6.07) is 0. The molecule has 1 aliphatic rings. The number of aromatic nitrogens is 2. The smallest absolute Gasteiger partial charge is 0.0982 e. The van der Waals surface area contributed by atoms with Crippen molar-refractivity contribution in [2.24, 2.45) is 5.92 Å². The molecule has 4 nitrogen and oxygen atoms in total. The Bertz CT molecular complexity index is 285. The molecule has 1 saturated heterocycles. The van der Waals surface area contributed by atoms with Gasteiger partial charge >= 0.3 is 0 Å². The Morgan fingerprint density at radius 2 is 2.53 bits per heavy atom. The maximum Gasteiger partial charge on any atom is 0.0982 e. The van der Waals surface area contributed by atoms with Crippen LogP contribution in [0.3, 0.4) is 0 Å². The quantitative estimate of drug-likeness (QED) is 0.805. The highest BCUT2D eigenvalue weighted by Gasteiger charge is 2.16. The maximum absolute atomic E-state index is 5.77. The molecular formula is C11H17N3O. The van der Waals surface area contributed by atoms with Crippen molar-refractivity contribution in [1.29, 1.82) is 0 Å². The van der Waals surface area contributed by atoms with Crippen LogP contribution in [-0.4, -0.2) is 29.7 Å². The average Bonchev–Trinajstić information content (AvgIpc) is 2.80. The Hall–Kier alpha value is -1.00. The van der Waals surface area contributed by atoms with Crippen molar-refractivity contribution < 1.29 is 4.74 Å². The summed E-state index contributed by atoms with van der Waals surface area (Å²) in [7, 11) is 0. The van der Waals surface area contributed by atoms with Gasteiger partial charge in [0.15, 0.2) is 0 Å². The molecule has 1 fully saturated rings. The Labute approximate surface area is 90.1 Å². The van der Waals surface area contributed by atoms with E-state index in [9.17, 15) is 0 Å². The first-order valence-corrected chi connectivity index (χ1v) is 5.44. The van der Waals surface area contributed by atoms with Crippen LogP contribution in [-0.2, 0) is 4.74 Å². The monoisotopic (exact) mass is 207 g/mol. The number of hydrogen-bond acceptors (Lipinski definition) is 4. The van der Waals surface area contributed by atoms with Gasteiger partial charge < -0.3 is 10.1 Å². The molecule has 0 aromatic carbocycles. The Morgan fingerprint density at radius 3 is 3.20 bits per heavy atom. The predicted molar refractivity (Wildman–Crippen MR) is 57.4 cm³/mol. The van der Waals surface area contributed by atoms with E-state index in [-0.39, 0.29) is 6.10 Å². The minimum absolute atomic E-state index is 0.0410. The molecule has 0 saturated carbocycles.